The molecule has 0 N–H and O–H groups in total. The summed E-state index contributed by atoms with van der Waals surface area (Å²) in [6, 6.07) is 1.61. The number of aliphatic imine (C=N–C) groups is 1. The molecule has 0 amide bonds. The molecule has 1 fully saturated rings. The summed E-state index contributed by atoms with van der Waals surface area (Å²) in [6.07, 6.45) is 3.13. The highest BCUT2D eigenvalue weighted by Crippen LogP contribution is 2.49. The highest BCUT2D eigenvalue weighted by molar-refractivity contribution is 5.87. The van der Waals surface area contributed by atoms with E-state index >= 15 is 0 Å². The van der Waals surface area contributed by atoms with E-state index in [1.165, 1.54) is 7.11 Å². The van der Waals surface area contributed by atoms with Gasteiger partial charge in [-0.2, -0.15) is 10.1 Å². The molecule has 1 heterocycles. The number of isocyanates is 1. The van der Waals surface area contributed by atoms with Crippen LogP contribution >= 0.6 is 0 Å². The van der Waals surface area contributed by atoms with Crippen LogP contribution in [-0.2, 0) is 22.1 Å². The second-order valence-electron chi connectivity index (χ2n) is 3.76. The third-order valence-corrected chi connectivity index (χ3v) is 2.73. The van der Waals surface area contributed by atoms with E-state index in [-0.39, 0.29) is 5.69 Å². The van der Waals surface area contributed by atoms with Crippen LogP contribution < -0.4 is 0 Å². The van der Waals surface area contributed by atoms with Crippen LogP contribution in [0.25, 0.3) is 0 Å². The topological polar surface area (TPSA) is 73.5 Å². The van der Waals surface area contributed by atoms with Crippen LogP contribution in [0.2, 0.25) is 0 Å². The summed E-state index contributed by atoms with van der Waals surface area (Å²) in [5.74, 6) is -0.493. The molecule has 1 aliphatic rings. The van der Waals surface area contributed by atoms with Crippen molar-refractivity contribution in [1.29, 1.82) is 0 Å². The summed E-state index contributed by atoms with van der Waals surface area (Å²) in [4.78, 5) is 25.4. The van der Waals surface area contributed by atoms with Gasteiger partial charge in [0, 0.05) is 7.05 Å². The Morgan fingerprint density at radius 3 is 2.88 bits per heavy atom. The van der Waals surface area contributed by atoms with Crippen molar-refractivity contribution in [3.8, 4) is 0 Å². The number of methoxy groups -OCH3 is 1. The lowest BCUT2D eigenvalue weighted by Gasteiger charge is -2.06. The van der Waals surface area contributed by atoms with E-state index in [0.29, 0.717) is 0 Å². The minimum absolute atomic E-state index is 0.229. The van der Waals surface area contributed by atoms with Crippen molar-refractivity contribution in [1.82, 2.24) is 9.78 Å². The van der Waals surface area contributed by atoms with E-state index in [1.54, 1.807) is 23.9 Å². The van der Waals surface area contributed by atoms with Crippen molar-refractivity contribution in [3.63, 3.8) is 0 Å². The van der Waals surface area contributed by atoms with Crippen molar-refractivity contribution in [2.45, 2.75) is 18.4 Å². The lowest BCUT2D eigenvalue weighted by molar-refractivity contribution is 0.0593. The quantitative estimate of drug-likeness (QED) is 0.424. The van der Waals surface area contributed by atoms with Crippen LogP contribution in [0.3, 0.4) is 0 Å². The highest BCUT2D eigenvalue weighted by atomic mass is 16.5. The van der Waals surface area contributed by atoms with Gasteiger partial charge < -0.3 is 4.74 Å². The molecule has 0 atom stereocenters. The predicted octanol–water partition coefficient (Wildman–Crippen LogP) is 0.532. The van der Waals surface area contributed by atoms with Gasteiger partial charge in [-0.25, -0.2) is 9.59 Å². The van der Waals surface area contributed by atoms with Crippen molar-refractivity contribution in [2.75, 3.05) is 7.11 Å². The molecule has 0 saturated heterocycles. The Hall–Kier alpha value is -1.94. The van der Waals surface area contributed by atoms with Gasteiger partial charge >= 0.3 is 5.97 Å². The predicted molar refractivity (Wildman–Crippen MR) is 53.6 cm³/mol. The summed E-state index contributed by atoms with van der Waals surface area (Å²) >= 11 is 0. The molecular formula is C10H11N3O3. The van der Waals surface area contributed by atoms with Gasteiger partial charge in [-0.05, 0) is 18.9 Å². The first-order chi connectivity index (χ1) is 7.63. The fourth-order valence-corrected chi connectivity index (χ4v) is 1.74. The smallest absolute Gasteiger partial charge is 0.358 e. The van der Waals surface area contributed by atoms with Crippen LogP contribution in [0.5, 0.6) is 0 Å². The molecule has 84 valence electrons. The minimum atomic E-state index is -0.518. The van der Waals surface area contributed by atoms with E-state index in [0.717, 1.165) is 18.5 Å². The molecule has 6 nitrogen and oxygen atoms in total. The number of esters is 1. The van der Waals surface area contributed by atoms with Gasteiger partial charge in [0.15, 0.2) is 5.69 Å². The van der Waals surface area contributed by atoms with E-state index < -0.39 is 11.5 Å². The maximum atomic E-state index is 11.3. The number of rotatable bonds is 3. The van der Waals surface area contributed by atoms with Crippen molar-refractivity contribution in [2.24, 2.45) is 12.0 Å². The minimum Gasteiger partial charge on any atom is -0.464 e. The Labute approximate surface area is 91.9 Å². The fraction of sp³-hybridized carbons (Fsp3) is 0.500. The van der Waals surface area contributed by atoms with Gasteiger partial charge in [0.2, 0.25) is 6.08 Å². The van der Waals surface area contributed by atoms with E-state index in [9.17, 15) is 9.59 Å². The zero-order valence-corrected chi connectivity index (χ0v) is 9.06. The Kier molecular flexibility index (Phi) is 2.36. The van der Waals surface area contributed by atoms with E-state index in [4.69, 9.17) is 0 Å². The number of nitrogens with zero attached hydrogens (tertiary/aromatic N) is 3. The largest absolute Gasteiger partial charge is 0.464 e. The normalized spacial score (nSPS) is 16.4. The summed E-state index contributed by atoms with van der Waals surface area (Å²) < 4.78 is 6.13. The lowest BCUT2D eigenvalue weighted by Crippen LogP contribution is -2.09. The Morgan fingerprint density at radius 2 is 2.38 bits per heavy atom. The Morgan fingerprint density at radius 1 is 1.69 bits per heavy atom. The number of ether oxygens (including phenoxy) is 1. The van der Waals surface area contributed by atoms with Crippen molar-refractivity contribution >= 4 is 12.0 Å². The van der Waals surface area contributed by atoms with Gasteiger partial charge in [-0.15, -0.1) is 0 Å². The number of hydrogen-bond donors (Lipinski definition) is 0. The second-order valence-corrected chi connectivity index (χ2v) is 3.76. The number of carbonyl (C=O) groups is 1. The average Bonchev–Trinajstić information content (AvgIpc) is 2.94. The molecule has 1 aromatic heterocycles. The molecule has 0 spiro atoms. The van der Waals surface area contributed by atoms with Crippen LogP contribution in [0.15, 0.2) is 11.1 Å². The summed E-state index contributed by atoms with van der Waals surface area (Å²) in [5.41, 5.74) is 0.457. The van der Waals surface area contributed by atoms with Crippen LogP contribution in [-0.4, -0.2) is 28.9 Å². The average molecular weight is 221 g/mol. The molecule has 0 unspecified atom stereocenters. The first-order valence-corrected chi connectivity index (χ1v) is 4.85. The molecule has 0 radical (unpaired) electrons. The maximum Gasteiger partial charge on any atom is 0.358 e. The summed E-state index contributed by atoms with van der Waals surface area (Å²) in [7, 11) is 3.01. The Balaban J connectivity index is 2.39. The number of aromatic nitrogens is 2. The zero-order chi connectivity index (χ0) is 11.8. The number of aryl methyl sites for hydroxylation is 1. The van der Waals surface area contributed by atoms with Gasteiger partial charge in [-0.1, -0.05) is 0 Å². The standard InChI is InChI=1S/C10H11N3O3/c1-13-8(10(3-4-10)11-6-14)5-7(12-13)9(15)16-2/h5H,3-4H2,1-2H3. The maximum absolute atomic E-state index is 11.3. The summed E-state index contributed by atoms with van der Waals surface area (Å²) in [5, 5.41) is 4.02. The SMILES string of the molecule is COC(=O)c1cc(C2(N=C=O)CC2)n(C)n1. The first kappa shape index (κ1) is 10.6. The molecule has 6 heteroatoms. The zero-order valence-electron chi connectivity index (χ0n) is 9.06. The number of hydrogen-bond acceptors (Lipinski definition) is 5. The van der Waals surface area contributed by atoms with Gasteiger partial charge in [-0.3, -0.25) is 4.68 Å². The molecule has 16 heavy (non-hydrogen) atoms. The van der Waals surface area contributed by atoms with E-state index in [2.05, 4.69) is 14.8 Å². The van der Waals surface area contributed by atoms with Crippen molar-refractivity contribution in [3.05, 3.63) is 17.5 Å². The third kappa shape index (κ3) is 1.53. The molecular weight excluding hydrogens is 210 g/mol. The van der Waals surface area contributed by atoms with E-state index in [1.807, 2.05) is 0 Å². The second kappa shape index (κ2) is 3.57. The van der Waals surface area contributed by atoms with Crippen LogP contribution in [0, 0.1) is 0 Å². The van der Waals surface area contributed by atoms with Gasteiger partial charge in [0.25, 0.3) is 0 Å². The van der Waals surface area contributed by atoms with Crippen LogP contribution in [0.1, 0.15) is 29.0 Å². The highest BCUT2D eigenvalue weighted by Gasteiger charge is 2.47. The molecule has 0 aliphatic heterocycles. The molecule has 0 aromatic carbocycles. The summed E-state index contributed by atoms with van der Waals surface area (Å²) in [6.45, 7) is 0. The van der Waals surface area contributed by atoms with Crippen molar-refractivity contribution < 1.29 is 14.3 Å². The van der Waals surface area contributed by atoms with Gasteiger partial charge in [0.05, 0.1) is 12.8 Å². The third-order valence-electron chi connectivity index (χ3n) is 2.73. The fourth-order valence-electron chi connectivity index (χ4n) is 1.74. The van der Waals surface area contributed by atoms with Gasteiger partial charge in [0.1, 0.15) is 5.54 Å². The Bertz CT molecular complexity index is 481. The monoisotopic (exact) mass is 221 g/mol. The number of carbonyl (C=O) groups excluding carboxylic acids is 2. The molecule has 1 saturated carbocycles. The van der Waals surface area contributed by atoms with Crippen LogP contribution in [0.4, 0.5) is 0 Å². The molecule has 2 rings (SSSR count). The molecule has 1 aromatic rings. The lowest BCUT2D eigenvalue weighted by atomic mass is 10.2. The molecule has 1 aliphatic carbocycles. The first-order valence-electron chi connectivity index (χ1n) is 4.85. The molecule has 0 bridgehead atoms.